The van der Waals surface area contributed by atoms with Gasteiger partial charge in [0.15, 0.2) is 17.8 Å². The lowest BCUT2D eigenvalue weighted by Gasteiger charge is -2.33. The molecule has 0 aromatic heterocycles. The third-order valence-electron chi connectivity index (χ3n) is 7.43. The fraction of sp³-hybridized carbons (Fsp3) is 0.212. The zero-order valence-corrected chi connectivity index (χ0v) is 24.2. The molecule has 0 radical (unpaired) electrons. The van der Waals surface area contributed by atoms with Crippen LogP contribution in [0.5, 0.6) is 5.75 Å². The number of nitrogens with zero attached hydrogens (tertiary/aromatic N) is 4. The van der Waals surface area contributed by atoms with Crippen LogP contribution in [0, 0.1) is 0 Å². The molecule has 1 fully saturated rings. The molecule has 0 aliphatic carbocycles. The molecule has 2 aliphatic heterocycles. The van der Waals surface area contributed by atoms with Gasteiger partial charge in [-0.2, -0.15) is 0 Å². The fourth-order valence-electron chi connectivity index (χ4n) is 5.41. The van der Waals surface area contributed by atoms with Crippen LogP contribution in [-0.4, -0.2) is 24.7 Å². The van der Waals surface area contributed by atoms with Crippen LogP contribution in [0.2, 0.25) is 10.0 Å². The molecule has 41 heavy (non-hydrogen) atoms. The van der Waals surface area contributed by atoms with Crippen LogP contribution in [0.3, 0.4) is 0 Å². The van der Waals surface area contributed by atoms with Crippen LogP contribution in [0.4, 0.5) is 17.1 Å². The van der Waals surface area contributed by atoms with E-state index < -0.39 is 6.17 Å². The molecule has 0 amide bonds. The molecule has 208 valence electrons. The lowest BCUT2D eigenvalue weighted by molar-refractivity contribution is -0.111. The largest absolute Gasteiger partial charge is 0.488 e. The van der Waals surface area contributed by atoms with Gasteiger partial charge in [0.05, 0.1) is 5.69 Å². The minimum Gasteiger partial charge on any atom is -0.488 e. The van der Waals surface area contributed by atoms with Crippen molar-refractivity contribution in [1.82, 2.24) is 0 Å². The summed E-state index contributed by atoms with van der Waals surface area (Å²) in [5.41, 5.74) is 4.51. The Hall–Kier alpha value is -4.00. The monoisotopic (exact) mass is 584 g/mol. The number of hydrogen-bond donors (Lipinski definition) is 0. The zero-order valence-electron chi connectivity index (χ0n) is 22.7. The Labute approximate surface area is 250 Å². The molecule has 4 aromatic rings. The highest BCUT2D eigenvalue weighted by Crippen LogP contribution is 2.43. The molecule has 6 nitrogen and oxygen atoms in total. The van der Waals surface area contributed by atoms with Gasteiger partial charge < -0.3 is 9.64 Å². The summed E-state index contributed by atoms with van der Waals surface area (Å²) in [6.07, 6.45) is 1.87. The Kier molecular flexibility index (Phi) is 7.86. The van der Waals surface area contributed by atoms with E-state index in [1.807, 2.05) is 76.6 Å². The summed E-state index contributed by atoms with van der Waals surface area (Å²) < 4.78 is 6.38. The Bertz CT molecular complexity index is 1570. The van der Waals surface area contributed by atoms with Crippen molar-refractivity contribution in [3.8, 4) is 5.75 Å². The number of carbonyl (C=O) groups excluding carboxylic acids is 1. The lowest BCUT2D eigenvalue weighted by Crippen LogP contribution is -2.38. The van der Waals surface area contributed by atoms with E-state index in [0.717, 1.165) is 35.6 Å². The van der Waals surface area contributed by atoms with Crippen molar-refractivity contribution in [2.24, 2.45) is 5.10 Å². The molecule has 1 saturated heterocycles. The van der Waals surface area contributed by atoms with E-state index in [9.17, 15) is 4.79 Å². The molecule has 2 aliphatic rings. The standard InChI is InChI=1S/C33H30Cl2N4O2/c1-23(40)32-36-39(28-10-3-2-4-11-28)33(38(32)27-16-14-26(15-17-27)37-19-7-8-20-37)29-21-25(34)13-18-31(29)41-22-24-9-5-6-12-30(24)35/h2-6,9-18,21,33H,7-8,19-20,22H2,1H3. The molecule has 6 rings (SSSR count). The van der Waals surface area contributed by atoms with Crippen LogP contribution < -0.4 is 19.5 Å². The van der Waals surface area contributed by atoms with Crippen molar-refractivity contribution in [3.05, 3.63) is 118 Å². The van der Waals surface area contributed by atoms with Crippen LogP contribution >= 0.6 is 23.2 Å². The number of carbonyl (C=O) groups is 1. The van der Waals surface area contributed by atoms with E-state index in [-0.39, 0.29) is 12.4 Å². The van der Waals surface area contributed by atoms with E-state index in [1.54, 1.807) is 13.0 Å². The van der Waals surface area contributed by atoms with Gasteiger partial charge in [-0.3, -0.25) is 9.69 Å². The summed E-state index contributed by atoms with van der Waals surface area (Å²) in [6, 6.07) is 31.3. The van der Waals surface area contributed by atoms with Gasteiger partial charge in [-0.15, -0.1) is 5.10 Å². The number of para-hydroxylation sites is 1. The van der Waals surface area contributed by atoms with Gasteiger partial charge in [0.1, 0.15) is 12.4 Å². The lowest BCUT2D eigenvalue weighted by atomic mass is 10.1. The van der Waals surface area contributed by atoms with Crippen molar-refractivity contribution in [1.29, 1.82) is 0 Å². The number of Topliss-reactive ketones (excluding diaryl/α,β-unsaturated/α-hetero) is 1. The molecule has 8 heteroatoms. The summed E-state index contributed by atoms with van der Waals surface area (Å²) in [7, 11) is 0. The normalized spacial score (nSPS) is 16.7. The van der Waals surface area contributed by atoms with Gasteiger partial charge in [0.2, 0.25) is 0 Å². The summed E-state index contributed by atoms with van der Waals surface area (Å²) in [6.45, 7) is 3.94. The zero-order chi connectivity index (χ0) is 28.3. The number of hydrazone groups is 1. The van der Waals surface area contributed by atoms with Crippen LogP contribution in [0.1, 0.15) is 37.1 Å². The second kappa shape index (κ2) is 11.9. The maximum atomic E-state index is 13.1. The molecular formula is C33H30Cl2N4O2. The number of ether oxygens (including phenoxy) is 1. The first-order chi connectivity index (χ1) is 20.0. The molecule has 0 saturated carbocycles. The van der Waals surface area contributed by atoms with E-state index in [2.05, 4.69) is 29.2 Å². The summed E-state index contributed by atoms with van der Waals surface area (Å²) >= 11 is 13.0. The van der Waals surface area contributed by atoms with E-state index in [4.69, 9.17) is 33.0 Å². The molecular weight excluding hydrogens is 555 g/mol. The molecule has 1 unspecified atom stereocenters. The Morgan fingerprint density at radius 3 is 2.24 bits per heavy atom. The second-order valence-electron chi connectivity index (χ2n) is 10.2. The van der Waals surface area contributed by atoms with Crippen LogP contribution in [0.25, 0.3) is 0 Å². The number of benzene rings is 4. The first kappa shape index (κ1) is 27.2. The number of halogens is 2. The third-order valence-corrected chi connectivity index (χ3v) is 8.04. The molecule has 4 aromatic carbocycles. The van der Waals surface area contributed by atoms with Gasteiger partial charge >= 0.3 is 0 Å². The van der Waals surface area contributed by atoms with E-state index >= 15 is 0 Å². The maximum absolute atomic E-state index is 13.1. The van der Waals surface area contributed by atoms with Crippen LogP contribution in [0.15, 0.2) is 102 Å². The topological polar surface area (TPSA) is 48.4 Å². The number of ketones is 1. The van der Waals surface area contributed by atoms with Crippen LogP contribution in [-0.2, 0) is 11.4 Å². The number of rotatable bonds is 8. The first-order valence-corrected chi connectivity index (χ1v) is 14.5. The van der Waals surface area contributed by atoms with Gasteiger partial charge in [-0.05, 0) is 73.5 Å². The molecule has 0 spiro atoms. The SMILES string of the molecule is CC(=O)C1=NN(c2ccccc2)C(c2cc(Cl)ccc2OCc2ccccc2Cl)N1c1ccc(N2CCCC2)cc1. The minimum atomic E-state index is -0.533. The average molecular weight is 586 g/mol. The number of hydrogen-bond acceptors (Lipinski definition) is 6. The highest BCUT2D eigenvalue weighted by Gasteiger charge is 2.41. The van der Waals surface area contributed by atoms with E-state index in [1.165, 1.54) is 18.5 Å². The predicted molar refractivity (Wildman–Crippen MR) is 167 cm³/mol. The second-order valence-corrected chi connectivity index (χ2v) is 11.0. The van der Waals surface area contributed by atoms with Crippen molar-refractivity contribution in [2.45, 2.75) is 32.5 Å². The van der Waals surface area contributed by atoms with Crippen molar-refractivity contribution in [3.63, 3.8) is 0 Å². The third kappa shape index (κ3) is 5.63. The highest BCUT2D eigenvalue weighted by atomic mass is 35.5. The highest BCUT2D eigenvalue weighted by molar-refractivity contribution is 6.44. The predicted octanol–water partition coefficient (Wildman–Crippen LogP) is 8.10. The smallest absolute Gasteiger partial charge is 0.198 e. The Morgan fingerprint density at radius 2 is 1.54 bits per heavy atom. The first-order valence-electron chi connectivity index (χ1n) is 13.7. The fourth-order valence-corrected chi connectivity index (χ4v) is 5.78. The van der Waals surface area contributed by atoms with Gasteiger partial charge in [0, 0.05) is 52.6 Å². The van der Waals surface area contributed by atoms with Crippen molar-refractivity contribution >= 4 is 51.9 Å². The van der Waals surface area contributed by atoms with Gasteiger partial charge in [-0.25, -0.2) is 5.01 Å². The minimum absolute atomic E-state index is 0.141. The van der Waals surface area contributed by atoms with Crippen molar-refractivity contribution < 1.29 is 9.53 Å². The average Bonchev–Trinajstić information content (AvgIpc) is 3.67. The molecule has 0 N–H and O–H groups in total. The van der Waals surface area contributed by atoms with E-state index in [0.29, 0.717) is 21.6 Å². The summed E-state index contributed by atoms with van der Waals surface area (Å²) in [5, 5.41) is 7.92. The van der Waals surface area contributed by atoms with Gasteiger partial charge in [-0.1, -0.05) is 59.6 Å². The number of amidine groups is 1. The van der Waals surface area contributed by atoms with Crippen molar-refractivity contribution in [2.75, 3.05) is 27.9 Å². The molecule has 2 heterocycles. The maximum Gasteiger partial charge on any atom is 0.198 e. The Balaban J connectivity index is 1.45. The summed E-state index contributed by atoms with van der Waals surface area (Å²) in [5.74, 6) is 0.821. The summed E-state index contributed by atoms with van der Waals surface area (Å²) in [4.78, 5) is 17.4. The van der Waals surface area contributed by atoms with Gasteiger partial charge in [0.25, 0.3) is 0 Å². The Morgan fingerprint density at radius 1 is 0.854 bits per heavy atom. The quantitative estimate of drug-likeness (QED) is 0.209. The molecule has 0 bridgehead atoms. The number of anilines is 3. The molecule has 1 atom stereocenters.